The molecule has 0 unspecified atom stereocenters. The van der Waals surface area contributed by atoms with Crippen LogP contribution in [0.15, 0.2) is 0 Å². The summed E-state index contributed by atoms with van der Waals surface area (Å²) in [6.07, 6.45) is 2.98. The molecule has 0 aliphatic carbocycles. The van der Waals surface area contributed by atoms with Crippen molar-refractivity contribution >= 4 is 5.91 Å². The quantitative estimate of drug-likeness (QED) is 0.761. The molecule has 0 spiro atoms. The lowest BCUT2D eigenvalue weighted by atomic mass is 10.1. The molecular formula is C12H18N3O. The summed E-state index contributed by atoms with van der Waals surface area (Å²) < 4.78 is 0. The van der Waals surface area contributed by atoms with E-state index in [1.165, 1.54) is 0 Å². The molecule has 1 N–H and O–H groups in total. The second-order valence-electron chi connectivity index (χ2n) is 4.47. The molecule has 2 heterocycles. The highest BCUT2D eigenvalue weighted by molar-refractivity contribution is 5.96. The molecule has 1 saturated heterocycles. The van der Waals surface area contributed by atoms with E-state index in [-0.39, 0.29) is 5.91 Å². The molecule has 1 aromatic rings. The van der Waals surface area contributed by atoms with Crippen molar-refractivity contribution in [1.82, 2.24) is 14.8 Å². The van der Waals surface area contributed by atoms with Crippen molar-refractivity contribution in [3.05, 3.63) is 23.0 Å². The molecule has 0 saturated carbocycles. The number of likely N-dealkylation sites (N-methyl/N-ethyl adjacent to an activating group) is 1. The van der Waals surface area contributed by atoms with Gasteiger partial charge in [0, 0.05) is 31.9 Å². The molecule has 87 valence electrons. The molecule has 1 amide bonds. The molecular weight excluding hydrogens is 202 g/mol. The highest BCUT2D eigenvalue weighted by atomic mass is 16.2. The SMILES string of the molecule is Cc1[c][nH]c(C)c1C(=O)N1CCN(C)CC1. The molecule has 2 rings (SSSR count). The van der Waals surface area contributed by atoms with Gasteiger partial charge in [-0.3, -0.25) is 4.79 Å². The van der Waals surface area contributed by atoms with Crippen LogP contribution in [0.5, 0.6) is 0 Å². The monoisotopic (exact) mass is 220 g/mol. The van der Waals surface area contributed by atoms with Gasteiger partial charge in [0.05, 0.1) is 11.8 Å². The predicted octanol–water partition coefficient (Wildman–Crippen LogP) is 0.819. The molecule has 1 radical (unpaired) electrons. The van der Waals surface area contributed by atoms with Crippen molar-refractivity contribution in [3.8, 4) is 0 Å². The third-order valence-electron chi connectivity index (χ3n) is 3.19. The number of piperazine rings is 1. The maximum Gasteiger partial charge on any atom is 0.256 e. The van der Waals surface area contributed by atoms with Gasteiger partial charge in [-0.2, -0.15) is 0 Å². The lowest BCUT2D eigenvalue weighted by Gasteiger charge is -2.32. The van der Waals surface area contributed by atoms with E-state index >= 15 is 0 Å². The second kappa shape index (κ2) is 4.29. The largest absolute Gasteiger partial charge is 0.357 e. The summed E-state index contributed by atoms with van der Waals surface area (Å²) >= 11 is 0. The van der Waals surface area contributed by atoms with Crippen LogP contribution in [0.2, 0.25) is 0 Å². The van der Waals surface area contributed by atoms with E-state index in [4.69, 9.17) is 0 Å². The number of aromatic amines is 1. The highest BCUT2D eigenvalue weighted by Crippen LogP contribution is 2.15. The number of carbonyl (C=O) groups excluding carboxylic acids is 1. The van der Waals surface area contributed by atoms with Gasteiger partial charge in [0.25, 0.3) is 5.91 Å². The van der Waals surface area contributed by atoms with Gasteiger partial charge in [-0.25, -0.2) is 0 Å². The van der Waals surface area contributed by atoms with Crippen LogP contribution in [0.1, 0.15) is 21.6 Å². The van der Waals surface area contributed by atoms with Crippen molar-refractivity contribution in [2.24, 2.45) is 0 Å². The van der Waals surface area contributed by atoms with Crippen LogP contribution < -0.4 is 0 Å². The van der Waals surface area contributed by atoms with Crippen molar-refractivity contribution in [2.45, 2.75) is 13.8 Å². The Hall–Kier alpha value is -1.29. The average molecular weight is 220 g/mol. The molecule has 0 atom stereocenters. The Labute approximate surface area is 96.2 Å². The summed E-state index contributed by atoms with van der Waals surface area (Å²) in [5, 5.41) is 0. The summed E-state index contributed by atoms with van der Waals surface area (Å²) in [5.74, 6) is 0.139. The van der Waals surface area contributed by atoms with Crippen molar-refractivity contribution in [1.29, 1.82) is 0 Å². The molecule has 1 aliphatic rings. The van der Waals surface area contributed by atoms with Crippen LogP contribution in [-0.4, -0.2) is 53.9 Å². The fourth-order valence-corrected chi connectivity index (χ4v) is 2.08. The lowest BCUT2D eigenvalue weighted by Crippen LogP contribution is -2.47. The summed E-state index contributed by atoms with van der Waals surface area (Å²) in [6, 6.07) is 0. The van der Waals surface area contributed by atoms with Crippen LogP contribution in [0.4, 0.5) is 0 Å². The number of hydrogen-bond acceptors (Lipinski definition) is 2. The normalized spacial score (nSPS) is 17.8. The second-order valence-corrected chi connectivity index (χ2v) is 4.47. The number of amides is 1. The van der Waals surface area contributed by atoms with Crippen molar-refractivity contribution in [3.63, 3.8) is 0 Å². The first-order valence-electron chi connectivity index (χ1n) is 5.64. The molecule has 1 aromatic heterocycles. The Morgan fingerprint density at radius 2 is 1.88 bits per heavy atom. The predicted molar refractivity (Wildman–Crippen MR) is 62.5 cm³/mol. The third-order valence-corrected chi connectivity index (χ3v) is 3.19. The summed E-state index contributed by atoms with van der Waals surface area (Å²) in [4.78, 5) is 19.4. The lowest BCUT2D eigenvalue weighted by molar-refractivity contribution is 0.0663. The van der Waals surface area contributed by atoms with Gasteiger partial charge in [0.2, 0.25) is 0 Å². The number of carbonyl (C=O) groups is 1. The first kappa shape index (κ1) is 11.2. The first-order valence-corrected chi connectivity index (χ1v) is 5.64. The van der Waals surface area contributed by atoms with Crippen molar-refractivity contribution in [2.75, 3.05) is 33.2 Å². The van der Waals surface area contributed by atoms with E-state index < -0.39 is 0 Å². The molecule has 4 heteroatoms. The highest BCUT2D eigenvalue weighted by Gasteiger charge is 2.23. The average Bonchev–Trinajstić information content (AvgIpc) is 2.59. The Bertz CT molecular complexity index is 369. The van der Waals surface area contributed by atoms with Crippen LogP contribution >= 0.6 is 0 Å². The molecule has 1 fully saturated rings. The van der Waals surface area contributed by atoms with Gasteiger partial charge in [-0.15, -0.1) is 0 Å². The van der Waals surface area contributed by atoms with Crippen LogP contribution in [0.25, 0.3) is 0 Å². The molecule has 4 nitrogen and oxygen atoms in total. The Balaban J connectivity index is 2.14. The topological polar surface area (TPSA) is 39.3 Å². The minimum atomic E-state index is 0.139. The Morgan fingerprint density at radius 3 is 2.38 bits per heavy atom. The van der Waals surface area contributed by atoms with Crippen LogP contribution in [0.3, 0.4) is 0 Å². The molecule has 1 aliphatic heterocycles. The summed E-state index contributed by atoms with van der Waals surface area (Å²) in [5.41, 5.74) is 2.63. The number of nitrogens with one attached hydrogen (secondary N) is 1. The van der Waals surface area contributed by atoms with Crippen LogP contribution in [0, 0.1) is 20.0 Å². The minimum Gasteiger partial charge on any atom is -0.357 e. The van der Waals surface area contributed by atoms with Gasteiger partial charge < -0.3 is 14.8 Å². The van der Waals surface area contributed by atoms with E-state index in [2.05, 4.69) is 23.1 Å². The van der Waals surface area contributed by atoms with Gasteiger partial charge >= 0.3 is 0 Å². The van der Waals surface area contributed by atoms with Gasteiger partial charge in [-0.05, 0) is 26.5 Å². The Morgan fingerprint density at radius 1 is 1.25 bits per heavy atom. The summed E-state index contributed by atoms with van der Waals surface area (Å²) in [6.45, 7) is 7.40. The molecule has 0 bridgehead atoms. The minimum absolute atomic E-state index is 0.139. The molecule has 16 heavy (non-hydrogen) atoms. The zero-order valence-corrected chi connectivity index (χ0v) is 10.1. The zero-order valence-electron chi connectivity index (χ0n) is 10.1. The fraction of sp³-hybridized carbons (Fsp3) is 0.583. The number of H-pyrrole nitrogens is 1. The van der Waals surface area contributed by atoms with Gasteiger partial charge in [0.1, 0.15) is 0 Å². The number of aromatic nitrogens is 1. The van der Waals surface area contributed by atoms with Gasteiger partial charge in [0.15, 0.2) is 0 Å². The Kier molecular flexibility index (Phi) is 3.01. The van der Waals surface area contributed by atoms with Crippen LogP contribution in [-0.2, 0) is 0 Å². The first-order chi connectivity index (χ1) is 7.59. The maximum atomic E-state index is 12.3. The number of hydrogen-bond donors (Lipinski definition) is 1. The van der Waals surface area contributed by atoms with E-state index in [0.29, 0.717) is 0 Å². The van der Waals surface area contributed by atoms with Gasteiger partial charge in [-0.1, -0.05) is 0 Å². The number of nitrogens with zero attached hydrogens (tertiary/aromatic N) is 2. The summed E-state index contributed by atoms with van der Waals surface area (Å²) in [7, 11) is 2.09. The number of aryl methyl sites for hydroxylation is 2. The zero-order chi connectivity index (χ0) is 11.7. The standard InChI is InChI=1S/C12H18N3O/c1-9-8-13-10(2)11(9)12(16)15-6-4-14(3)5-7-15/h13H,4-7H2,1-3H3. The number of rotatable bonds is 1. The van der Waals surface area contributed by atoms with Crippen molar-refractivity contribution < 1.29 is 4.79 Å². The third kappa shape index (κ3) is 1.97. The van der Waals surface area contributed by atoms with E-state index in [1.54, 1.807) is 0 Å². The fourth-order valence-electron chi connectivity index (χ4n) is 2.08. The van der Waals surface area contributed by atoms with E-state index in [9.17, 15) is 4.79 Å². The van der Waals surface area contributed by atoms with E-state index in [1.807, 2.05) is 18.7 Å². The molecule has 0 aromatic carbocycles. The van der Waals surface area contributed by atoms with E-state index in [0.717, 1.165) is 43.0 Å². The maximum absolute atomic E-state index is 12.3. The smallest absolute Gasteiger partial charge is 0.256 e.